The third kappa shape index (κ3) is 6.86. The van der Waals surface area contributed by atoms with Crippen molar-refractivity contribution in [3.05, 3.63) is 16.1 Å². The largest absolute Gasteiger partial charge is 0.357 e. The highest BCUT2D eigenvalue weighted by Gasteiger charge is 2.42. The van der Waals surface area contributed by atoms with Crippen LogP contribution in [0.2, 0.25) is 0 Å². The lowest BCUT2D eigenvalue weighted by atomic mass is 9.85. The van der Waals surface area contributed by atoms with E-state index in [-0.39, 0.29) is 35.3 Å². The van der Waals surface area contributed by atoms with Crippen LogP contribution in [0.1, 0.15) is 63.1 Å². The number of carbonyl (C=O) groups excluding carboxylic acids is 1. The minimum atomic E-state index is -0.326. The normalized spacial score (nSPS) is 16.0. The molecule has 1 fully saturated rings. The highest BCUT2D eigenvalue weighted by Crippen LogP contribution is 2.39. The second kappa shape index (κ2) is 11.9. The maximum Gasteiger partial charge on any atom is 0.230 e. The van der Waals surface area contributed by atoms with E-state index in [4.69, 9.17) is 4.99 Å². The SMILES string of the molecule is CCNC(=NCC1(C(=O)N(C)C)CCCC1)NCCc1csc(C(C)C)n1.I. The van der Waals surface area contributed by atoms with E-state index in [2.05, 4.69) is 41.8 Å². The number of aromatic nitrogens is 1. The molecule has 1 aliphatic carbocycles. The summed E-state index contributed by atoms with van der Waals surface area (Å²) in [7, 11) is 3.68. The Morgan fingerprint density at radius 2 is 2.00 bits per heavy atom. The highest BCUT2D eigenvalue weighted by atomic mass is 127. The molecule has 8 heteroatoms. The van der Waals surface area contributed by atoms with Gasteiger partial charge in [0.2, 0.25) is 5.91 Å². The van der Waals surface area contributed by atoms with Gasteiger partial charge in [0.15, 0.2) is 5.96 Å². The average molecular weight is 522 g/mol. The molecule has 2 N–H and O–H groups in total. The van der Waals surface area contributed by atoms with Crippen molar-refractivity contribution in [1.82, 2.24) is 20.5 Å². The van der Waals surface area contributed by atoms with Gasteiger partial charge in [-0.3, -0.25) is 9.79 Å². The van der Waals surface area contributed by atoms with Gasteiger partial charge in [-0.1, -0.05) is 26.7 Å². The second-order valence-corrected chi connectivity index (χ2v) is 8.78. The highest BCUT2D eigenvalue weighted by molar-refractivity contribution is 14.0. The number of hydrogen-bond acceptors (Lipinski definition) is 4. The first kappa shape index (κ1) is 25.1. The Morgan fingerprint density at radius 3 is 2.54 bits per heavy atom. The van der Waals surface area contributed by atoms with E-state index in [1.54, 1.807) is 16.2 Å². The number of thiazole rings is 1. The van der Waals surface area contributed by atoms with Crippen molar-refractivity contribution < 1.29 is 4.79 Å². The summed E-state index contributed by atoms with van der Waals surface area (Å²) >= 11 is 1.73. The fourth-order valence-corrected chi connectivity index (χ4v) is 4.42. The molecule has 0 radical (unpaired) electrons. The molecule has 0 unspecified atom stereocenters. The molecule has 6 nitrogen and oxygen atoms in total. The molecule has 160 valence electrons. The van der Waals surface area contributed by atoms with Crippen molar-refractivity contribution in [2.45, 2.75) is 58.8 Å². The average Bonchev–Trinajstić information content (AvgIpc) is 3.29. The van der Waals surface area contributed by atoms with Crippen LogP contribution in [0.15, 0.2) is 10.4 Å². The Morgan fingerprint density at radius 1 is 1.32 bits per heavy atom. The predicted molar refractivity (Wildman–Crippen MR) is 129 cm³/mol. The number of hydrogen-bond donors (Lipinski definition) is 2. The molecule has 0 aliphatic heterocycles. The molecule has 28 heavy (non-hydrogen) atoms. The molecule has 0 spiro atoms. The summed E-state index contributed by atoms with van der Waals surface area (Å²) in [6.45, 7) is 8.53. The summed E-state index contributed by atoms with van der Waals surface area (Å²) in [5.41, 5.74) is 0.800. The topological polar surface area (TPSA) is 69.6 Å². The number of nitrogens with zero attached hydrogens (tertiary/aromatic N) is 3. The second-order valence-electron chi connectivity index (χ2n) is 7.89. The molecular weight excluding hydrogens is 485 g/mol. The van der Waals surface area contributed by atoms with Gasteiger partial charge in [0.25, 0.3) is 0 Å². The molecule has 1 aromatic heterocycles. The van der Waals surface area contributed by atoms with Gasteiger partial charge in [0.1, 0.15) is 0 Å². The zero-order valence-electron chi connectivity index (χ0n) is 17.9. The number of guanidine groups is 1. The van der Waals surface area contributed by atoms with Crippen molar-refractivity contribution in [1.29, 1.82) is 0 Å². The van der Waals surface area contributed by atoms with Crippen molar-refractivity contribution in [3.8, 4) is 0 Å². The zero-order chi connectivity index (χ0) is 19.9. The molecule has 0 atom stereocenters. The maximum absolute atomic E-state index is 12.7. The monoisotopic (exact) mass is 521 g/mol. The predicted octanol–water partition coefficient (Wildman–Crippen LogP) is 3.63. The molecular formula is C20H36IN5OS. The van der Waals surface area contributed by atoms with E-state index in [1.807, 2.05) is 14.1 Å². The van der Waals surface area contributed by atoms with Gasteiger partial charge in [0, 0.05) is 44.9 Å². The van der Waals surface area contributed by atoms with Gasteiger partial charge in [-0.15, -0.1) is 35.3 Å². The lowest BCUT2D eigenvalue weighted by molar-refractivity contribution is -0.138. The van der Waals surface area contributed by atoms with Crippen LogP contribution in [-0.2, 0) is 11.2 Å². The van der Waals surface area contributed by atoms with E-state index >= 15 is 0 Å². The van der Waals surface area contributed by atoms with E-state index in [1.165, 1.54) is 5.01 Å². The van der Waals surface area contributed by atoms with Gasteiger partial charge in [-0.05, 0) is 19.8 Å². The molecule has 0 saturated heterocycles. The number of amides is 1. The Labute approximate surface area is 191 Å². The number of rotatable bonds is 8. The summed E-state index contributed by atoms with van der Waals surface area (Å²) in [6, 6.07) is 0. The van der Waals surface area contributed by atoms with Crippen LogP contribution in [0.4, 0.5) is 0 Å². The minimum absolute atomic E-state index is 0. The van der Waals surface area contributed by atoms with Gasteiger partial charge in [0.05, 0.1) is 22.7 Å². The fraction of sp³-hybridized carbons (Fsp3) is 0.750. The van der Waals surface area contributed by atoms with Gasteiger partial charge in [-0.25, -0.2) is 4.98 Å². The van der Waals surface area contributed by atoms with Crippen LogP contribution in [0.25, 0.3) is 0 Å². The molecule has 1 heterocycles. The molecule has 1 saturated carbocycles. The third-order valence-corrected chi connectivity index (χ3v) is 6.24. The summed E-state index contributed by atoms with van der Waals surface area (Å²) in [4.78, 5) is 23.9. The van der Waals surface area contributed by atoms with Crippen LogP contribution in [0, 0.1) is 5.41 Å². The van der Waals surface area contributed by atoms with Crippen LogP contribution in [-0.4, -0.2) is 55.5 Å². The number of carbonyl (C=O) groups is 1. The summed E-state index contributed by atoms with van der Waals surface area (Å²) in [5, 5.41) is 10.0. The van der Waals surface area contributed by atoms with E-state index in [0.717, 1.165) is 56.8 Å². The fourth-order valence-electron chi connectivity index (χ4n) is 3.55. The third-order valence-electron chi connectivity index (χ3n) is 5.04. The van der Waals surface area contributed by atoms with Crippen LogP contribution in [0.5, 0.6) is 0 Å². The molecule has 0 bridgehead atoms. The summed E-state index contributed by atoms with van der Waals surface area (Å²) < 4.78 is 0. The first-order valence-corrected chi connectivity index (χ1v) is 10.9. The molecule has 0 aromatic carbocycles. The molecule has 1 amide bonds. The standard InChI is InChI=1S/C20H35N5OS.HI/c1-6-21-19(22-12-9-16-13-27-17(24-16)15(2)3)23-14-20(10-7-8-11-20)18(26)25(4)5;/h13,15H,6-12,14H2,1-5H3,(H2,21,22,23);1H. The number of aliphatic imine (C=N–C) groups is 1. The van der Waals surface area contributed by atoms with E-state index < -0.39 is 0 Å². The van der Waals surface area contributed by atoms with Crippen molar-refractivity contribution in [3.63, 3.8) is 0 Å². The van der Waals surface area contributed by atoms with Crippen LogP contribution >= 0.6 is 35.3 Å². The quantitative estimate of drug-likeness (QED) is 0.312. The number of halogens is 1. The Hall–Kier alpha value is -0.900. The zero-order valence-corrected chi connectivity index (χ0v) is 21.0. The Kier molecular flexibility index (Phi) is 10.7. The minimum Gasteiger partial charge on any atom is -0.357 e. The van der Waals surface area contributed by atoms with Gasteiger partial charge >= 0.3 is 0 Å². The molecule has 2 rings (SSSR count). The Bertz CT molecular complexity index is 638. The first-order chi connectivity index (χ1) is 12.9. The van der Waals surface area contributed by atoms with Gasteiger partial charge < -0.3 is 15.5 Å². The van der Waals surface area contributed by atoms with E-state index in [0.29, 0.717) is 12.5 Å². The molecule has 1 aromatic rings. The molecule has 1 aliphatic rings. The Balaban J connectivity index is 0.00000392. The van der Waals surface area contributed by atoms with Crippen LogP contribution in [0.3, 0.4) is 0 Å². The lowest BCUT2D eigenvalue weighted by Crippen LogP contribution is -2.43. The van der Waals surface area contributed by atoms with Gasteiger partial charge in [-0.2, -0.15) is 0 Å². The van der Waals surface area contributed by atoms with Crippen molar-refractivity contribution in [2.75, 3.05) is 33.7 Å². The lowest BCUT2D eigenvalue weighted by Gasteiger charge is -2.29. The first-order valence-electron chi connectivity index (χ1n) is 10.1. The van der Waals surface area contributed by atoms with Crippen molar-refractivity contribution >= 4 is 47.2 Å². The van der Waals surface area contributed by atoms with E-state index in [9.17, 15) is 4.79 Å². The smallest absolute Gasteiger partial charge is 0.230 e. The summed E-state index contributed by atoms with van der Waals surface area (Å²) in [6.07, 6.45) is 4.96. The van der Waals surface area contributed by atoms with Crippen LogP contribution < -0.4 is 10.6 Å². The summed E-state index contributed by atoms with van der Waals surface area (Å²) in [5.74, 6) is 1.48. The number of nitrogens with one attached hydrogen (secondary N) is 2. The maximum atomic E-state index is 12.7. The van der Waals surface area contributed by atoms with Crippen molar-refractivity contribution in [2.24, 2.45) is 10.4 Å².